The molecule has 0 saturated heterocycles. The predicted molar refractivity (Wildman–Crippen MR) is 108 cm³/mol. The van der Waals surface area contributed by atoms with Crippen molar-refractivity contribution in [2.45, 2.75) is 20.5 Å². The Morgan fingerprint density at radius 2 is 1.87 bits per heavy atom. The third-order valence-electron chi connectivity index (χ3n) is 4.53. The molecule has 0 fully saturated rings. The molecule has 2 aromatic carbocycles. The largest absolute Gasteiger partial charge is 0.486 e. The number of furan rings is 1. The highest BCUT2D eigenvalue weighted by Crippen LogP contribution is 2.27. The van der Waals surface area contributed by atoms with Gasteiger partial charge in [-0.1, -0.05) is 12.1 Å². The molecule has 0 atom stereocenters. The van der Waals surface area contributed by atoms with Crippen LogP contribution in [-0.4, -0.2) is 11.1 Å². The fraction of sp³-hybridized carbons (Fsp3) is 0.130. The van der Waals surface area contributed by atoms with Crippen LogP contribution in [0.15, 0.2) is 68.4 Å². The van der Waals surface area contributed by atoms with Gasteiger partial charge in [-0.15, -0.1) is 0 Å². The second-order valence-corrected chi connectivity index (χ2v) is 6.82. The summed E-state index contributed by atoms with van der Waals surface area (Å²) in [5.74, 6) is 0.206. The van der Waals surface area contributed by atoms with E-state index in [2.05, 4.69) is 0 Å². The van der Waals surface area contributed by atoms with Crippen molar-refractivity contribution in [3.05, 3.63) is 87.7 Å². The van der Waals surface area contributed by atoms with E-state index in [1.165, 1.54) is 18.4 Å². The number of carbonyl (C=O) groups is 1. The van der Waals surface area contributed by atoms with Gasteiger partial charge in [-0.3, -0.25) is 4.79 Å². The molecule has 0 spiro atoms. The van der Waals surface area contributed by atoms with Crippen molar-refractivity contribution in [3.63, 3.8) is 0 Å². The zero-order chi connectivity index (χ0) is 21.3. The Kier molecular flexibility index (Phi) is 5.02. The van der Waals surface area contributed by atoms with E-state index in [0.29, 0.717) is 28.2 Å². The zero-order valence-electron chi connectivity index (χ0n) is 16.3. The van der Waals surface area contributed by atoms with Crippen molar-refractivity contribution in [1.82, 2.24) is 0 Å². The Bertz CT molecular complexity index is 1300. The molecular formula is C23H18O7. The van der Waals surface area contributed by atoms with Gasteiger partial charge >= 0.3 is 5.97 Å². The van der Waals surface area contributed by atoms with Gasteiger partial charge in [0.05, 0.1) is 5.39 Å². The standard InChI is InChI=1S/C23H18O7/c1-13-3-4-14(2)19(9-13)30-21-12-28-20-10-15(5-7-17(20)22(21)24)27-11-16-6-8-18(29-16)23(25)26/h3-10,12H,11H2,1-2H3,(H,25,26). The molecular weight excluding hydrogens is 388 g/mol. The van der Waals surface area contributed by atoms with E-state index in [1.54, 1.807) is 18.2 Å². The lowest BCUT2D eigenvalue weighted by atomic mass is 10.1. The smallest absolute Gasteiger partial charge is 0.371 e. The third kappa shape index (κ3) is 3.91. The Morgan fingerprint density at radius 3 is 2.63 bits per heavy atom. The van der Waals surface area contributed by atoms with E-state index in [4.69, 9.17) is 23.4 Å². The molecule has 0 aliphatic carbocycles. The number of carboxylic acid groups (broad SMARTS) is 1. The van der Waals surface area contributed by atoms with Crippen LogP contribution in [-0.2, 0) is 6.61 Å². The van der Waals surface area contributed by atoms with Crippen molar-refractivity contribution in [2.75, 3.05) is 0 Å². The van der Waals surface area contributed by atoms with Crippen LogP contribution < -0.4 is 14.9 Å². The molecule has 1 N–H and O–H groups in total. The lowest BCUT2D eigenvalue weighted by molar-refractivity contribution is 0.0658. The molecule has 7 nitrogen and oxygen atoms in total. The van der Waals surface area contributed by atoms with Crippen LogP contribution >= 0.6 is 0 Å². The van der Waals surface area contributed by atoms with Crippen molar-refractivity contribution in [2.24, 2.45) is 0 Å². The predicted octanol–water partition coefficient (Wildman–Crippen LogP) is 5.07. The van der Waals surface area contributed by atoms with Gasteiger partial charge in [0.15, 0.2) is 0 Å². The third-order valence-corrected chi connectivity index (χ3v) is 4.53. The first-order valence-corrected chi connectivity index (χ1v) is 9.16. The normalized spacial score (nSPS) is 10.9. The van der Waals surface area contributed by atoms with Gasteiger partial charge in [-0.25, -0.2) is 4.79 Å². The van der Waals surface area contributed by atoms with Crippen molar-refractivity contribution < 1.29 is 28.2 Å². The van der Waals surface area contributed by atoms with Gasteiger partial charge in [-0.2, -0.15) is 0 Å². The summed E-state index contributed by atoms with van der Waals surface area (Å²) in [6, 6.07) is 13.5. The van der Waals surface area contributed by atoms with E-state index in [1.807, 2.05) is 32.0 Å². The molecule has 0 bridgehead atoms. The molecule has 2 aromatic heterocycles. The number of hydrogen-bond donors (Lipinski definition) is 1. The first-order valence-electron chi connectivity index (χ1n) is 9.16. The Balaban J connectivity index is 1.55. The summed E-state index contributed by atoms with van der Waals surface area (Å²) in [4.78, 5) is 23.6. The minimum absolute atomic E-state index is 0.0385. The van der Waals surface area contributed by atoms with E-state index >= 15 is 0 Å². The average molecular weight is 406 g/mol. The number of aryl methyl sites for hydroxylation is 2. The van der Waals surface area contributed by atoms with E-state index in [9.17, 15) is 9.59 Å². The van der Waals surface area contributed by atoms with Crippen molar-refractivity contribution in [1.29, 1.82) is 0 Å². The van der Waals surface area contributed by atoms with Crippen molar-refractivity contribution >= 4 is 16.9 Å². The first kappa shape index (κ1) is 19.3. The van der Waals surface area contributed by atoms with Crippen LogP contribution in [0.4, 0.5) is 0 Å². The fourth-order valence-corrected chi connectivity index (χ4v) is 2.91. The maximum absolute atomic E-state index is 12.8. The van der Waals surface area contributed by atoms with E-state index < -0.39 is 5.97 Å². The molecule has 2 heterocycles. The summed E-state index contributed by atoms with van der Waals surface area (Å²) < 4.78 is 22.1. The van der Waals surface area contributed by atoms with Crippen LogP contribution in [0.2, 0.25) is 0 Å². The summed E-state index contributed by atoms with van der Waals surface area (Å²) in [5, 5.41) is 9.24. The van der Waals surface area contributed by atoms with Crippen LogP contribution in [0.1, 0.15) is 27.4 Å². The van der Waals surface area contributed by atoms with Gasteiger partial charge < -0.3 is 23.4 Å². The number of carboxylic acids is 1. The topological polar surface area (TPSA) is 99.1 Å². The molecule has 152 valence electrons. The molecule has 4 aromatic rings. The van der Waals surface area contributed by atoms with Crippen LogP contribution in [0.5, 0.6) is 17.2 Å². The second kappa shape index (κ2) is 7.79. The SMILES string of the molecule is Cc1ccc(C)c(Oc2coc3cc(OCc4ccc(C(=O)O)o4)ccc3c2=O)c1. The molecule has 0 amide bonds. The van der Waals surface area contributed by atoms with Gasteiger partial charge in [0, 0.05) is 6.07 Å². The molecule has 0 aliphatic rings. The van der Waals surface area contributed by atoms with E-state index in [-0.39, 0.29) is 23.5 Å². The molecule has 0 unspecified atom stereocenters. The maximum Gasteiger partial charge on any atom is 0.371 e. The van der Waals surface area contributed by atoms with Gasteiger partial charge in [-0.05, 0) is 55.3 Å². The number of aromatic carboxylic acids is 1. The van der Waals surface area contributed by atoms with Crippen LogP contribution in [0.25, 0.3) is 11.0 Å². The number of benzene rings is 2. The minimum Gasteiger partial charge on any atom is -0.486 e. The quantitative estimate of drug-likeness (QED) is 0.477. The summed E-state index contributed by atoms with van der Waals surface area (Å²) >= 11 is 0. The Labute approximate surface area is 171 Å². The highest BCUT2D eigenvalue weighted by atomic mass is 16.5. The molecule has 0 aliphatic heterocycles. The summed E-state index contributed by atoms with van der Waals surface area (Å²) in [7, 11) is 0. The number of ether oxygens (including phenoxy) is 2. The Morgan fingerprint density at radius 1 is 1.03 bits per heavy atom. The van der Waals surface area contributed by atoms with E-state index in [0.717, 1.165) is 11.1 Å². The van der Waals surface area contributed by atoms with Gasteiger partial charge in [0.25, 0.3) is 0 Å². The maximum atomic E-state index is 12.8. The zero-order valence-corrected chi connectivity index (χ0v) is 16.3. The summed E-state index contributed by atoms with van der Waals surface area (Å²) in [6.07, 6.45) is 1.28. The molecule has 30 heavy (non-hydrogen) atoms. The first-order chi connectivity index (χ1) is 14.4. The Hall–Kier alpha value is -4.00. The molecule has 7 heteroatoms. The monoisotopic (exact) mass is 406 g/mol. The van der Waals surface area contributed by atoms with Crippen molar-refractivity contribution in [3.8, 4) is 17.2 Å². The second-order valence-electron chi connectivity index (χ2n) is 6.82. The van der Waals surface area contributed by atoms with Gasteiger partial charge in [0.1, 0.15) is 35.7 Å². The van der Waals surface area contributed by atoms with Crippen LogP contribution in [0.3, 0.4) is 0 Å². The number of rotatable bonds is 6. The number of fused-ring (bicyclic) bond motifs is 1. The number of hydrogen-bond acceptors (Lipinski definition) is 6. The molecule has 4 rings (SSSR count). The average Bonchev–Trinajstić information content (AvgIpc) is 3.20. The summed E-state index contributed by atoms with van der Waals surface area (Å²) in [5.41, 5.74) is 1.99. The van der Waals surface area contributed by atoms with Crippen LogP contribution in [0, 0.1) is 13.8 Å². The molecule has 0 saturated carbocycles. The lowest BCUT2D eigenvalue weighted by Crippen LogP contribution is -2.05. The molecule has 0 radical (unpaired) electrons. The highest BCUT2D eigenvalue weighted by Gasteiger charge is 2.13. The lowest BCUT2D eigenvalue weighted by Gasteiger charge is -2.10. The van der Waals surface area contributed by atoms with Gasteiger partial charge in [0.2, 0.25) is 16.9 Å². The summed E-state index contributed by atoms with van der Waals surface area (Å²) in [6.45, 7) is 3.89. The highest BCUT2D eigenvalue weighted by molar-refractivity contribution is 5.84. The minimum atomic E-state index is -1.15. The fourth-order valence-electron chi connectivity index (χ4n) is 2.91.